The van der Waals surface area contributed by atoms with E-state index in [9.17, 15) is 9.90 Å². The van der Waals surface area contributed by atoms with Crippen molar-refractivity contribution in [1.82, 2.24) is 4.90 Å². The first-order valence-corrected chi connectivity index (χ1v) is 6.52. The van der Waals surface area contributed by atoms with Crippen LogP contribution in [0, 0.1) is 5.41 Å². The SMILES string of the molecule is CCC1(C(=O)O)CCCN(C(C)CCOC)C1. The summed E-state index contributed by atoms with van der Waals surface area (Å²) in [5.74, 6) is -0.636. The molecule has 4 heteroatoms. The number of piperidine rings is 1. The molecule has 1 fully saturated rings. The number of methoxy groups -OCH3 is 1. The van der Waals surface area contributed by atoms with Gasteiger partial charge in [0.05, 0.1) is 5.41 Å². The van der Waals surface area contributed by atoms with Gasteiger partial charge < -0.3 is 9.84 Å². The van der Waals surface area contributed by atoms with Crippen LogP contribution >= 0.6 is 0 Å². The molecule has 1 aliphatic heterocycles. The van der Waals surface area contributed by atoms with Crippen LogP contribution in [-0.2, 0) is 9.53 Å². The largest absolute Gasteiger partial charge is 0.481 e. The van der Waals surface area contributed by atoms with Crippen LogP contribution in [0.3, 0.4) is 0 Å². The van der Waals surface area contributed by atoms with Crippen LogP contribution in [0.1, 0.15) is 39.5 Å². The van der Waals surface area contributed by atoms with Crippen LogP contribution in [0.25, 0.3) is 0 Å². The zero-order chi connectivity index (χ0) is 12.9. The molecular weight excluding hydrogens is 218 g/mol. The van der Waals surface area contributed by atoms with Gasteiger partial charge in [-0.25, -0.2) is 0 Å². The predicted molar refractivity (Wildman–Crippen MR) is 67.1 cm³/mol. The molecule has 0 aromatic carbocycles. The van der Waals surface area contributed by atoms with Crippen molar-refractivity contribution in [3.8, 4) is 0 Å². The van der Waals surface area contributed by atoms with Crippen LogP contribution in [0.4, 0.5) is 0 Å². The highest BCUT2D eigenvalue weighted by atomic mass is 16.5. The molecule has 1 rings (SSSR count). The molecule has 2 atom stereocenters. The van der Waals surface area contributed by atoms with Crippen molar-refractivity contribution < 1.29 is 14.6 Å². The van der Waals surface area contributed by atoms with Gasteiger partial charge in [-0.05, 0) is 39.2 Å². The molecule has 0 aromatic rings. The Kier molecular flexibility index (Phi) is 5.40. The minimum Gasteiger partial charge on any atom is -0.481 e. The molecule has 0 aliphatic carbocycles. The molecule has 0 spiro atoms. The van der Waals surface area contributed by atoms with Crippen molar-refractivity contribution in [3.05, 3.63) is 0 Å². The Morgan fingerprint density at radius 2 is 2.29 bits per heavy atom. The van der Waals surface area contributed by atoms with Crippen LogP contribution in [-0.4, -0.2) is 48.8 Å². The quantitative estimate of drug-likeness (QED) is 0.775. The first-order valence-electron chi connectivity index (χ1n) is 6.52. The Bertz CT molecular complexity index is 257. The zero-order valence-corrected chi connectivity index (χ0v) is 11.2. The van der Waals surface area contributed by atoms with E-state index in [0.717, 1.165) is 38.8 Å². The number of nitrogens with zero attached hydrogens (tertiary/aromatic N) is 1. The van der Waals surface area contributed by atoms with Gasteiger partial charge in [0.1, 0.15) is 0 Å². The summed E-state index contributed by atoms with van der Waals surface area (Å²) in [6, 6.07) is 0.403. The highest BCUT2D eigenvalue weighted by molar-refractivity contribution is 5.75. The standard InChI is InChI=1S/C13H25NO3/c1-4-13(12(15)16)7-5-8-14(10-13)11(2)6-9-17-3/h11H,4-10H2,1-3H3,(H,15,16). The van der Waals surface area contributed by atoms with Gasteiger partial charge in [0.25, 0.3) is 0 Å². The zero-order valence-electron chi connectivity index (χ0n) is 11.2. The number of hydrogen-bond acceptors (Lipinski definition) is 3. The van der Waals surface area contributed by atoms with Crippen LogP contribution < -0.4 is 0 Å². The van der Waals surface area contributed by atoms with Crippen LogP contribution in [0.2, 0.25) is 0 Å². The molecule has 0 radical (unpaired) electrons. The molecule has 4 nitrogen and oxygen atoms in total. The second kappa shape index (κ2) is 6.36. The number of hydrogen-bond donors (Lipinski definition) is 1. The molecule has 0 bridgehead atoms. The van der Waals surface area contributed by atoms with E-state index in [1.165, 1.54) is 0 Å². The molecule has 0 amide bonds. The van der Waals surface area contributed by atoms with Crippen molar-refractivity contribution in [2.45, 2.75) is 45.6 Å². The Balaban J connectivity index is 2.61. The number of likely N-dealkylation sites (tertiary alicyclic amines) is 1. The molecule has 1 aliphatic rings. The summed E-state index contributed by atoms with van der Waals surface area (Å²) < 4.78 is 5.09. The lowest BCUT2D eigenvalue weighted by molar-refractivity contribution is -0.153. The summed E-state index contributed by atoms with van der Waals surface area (Å²) in [4.78, 5) is 13.7. The fourth-order valence-corrected chi connectivity index (χ4v) is 2.63. The topological polar surface area (TPSA) is 49.8 Å². The predicted octanol–water partition coefficient (Wildman–Crippen LogP) is 1.99. The van der Waals surface area contributed by atoms with Crippen LogP contribution in [0.5, 0.6) is 0 Å². The fourth-order valence-electron chi connectivity index (χ4n) is 2.63. The first kappa shape index (κ1) is 14.5. The summed E-state index contributed by atoms with van der Waals surface area (Å²) in [5, 5.41) is 9.41. The van der Waals surface area contributed by atoms with E-state index in [0.29, 0.717) is 12.6 Å². The summed E-state index contributed by atoms with van der Waals surface area (Å²) in [6.45, 7) is 6.58. The fraction of sp³-hybridized carbons (Fsp3) is 0.923. The van der Waals surface area contributed by atoms with Gasteiger partial charge in [0.2, 0.25) is 0 Å². The lowest BCUT2D eigenvalue weighted by atomic mass is 9.77. The molecule has 17 heavy (non-hydrogen) atoms. The number of rotatable bonds is 6. The number of carbonyl (C=O) groups is 1. The summed E-state index contributed by atoms with van der Waals surface area (Å²) >= 11 is 0. The van der Waals surface area contributed by atoms with E-state index in [4.69, 9.17) is 4.74 Å². The van der Waals surface area contributed by atoms with Gasteiger partial charge in [0, 0.05) is 26.3 Å². The Morgan fingerprint density at radius 3 is 2.82 bits per heavy atom. The van der Waals surface area contributed by atoms with Gasteiger partial charge >= 0.3 is 5.97 Å². The van der Waals surface area contributed by atoms with Crippen LogP contribution in [0.15, 0.2) is 0 Å². The van der Waals surface area contributed by atoms with Gasteiger partial charge in [-0.15, -0.1) is 0 Å². The van der Waals surface area contributed by atoms with Gasteiger partial charge in [-0.3, -0.25) is 9.69 Å². The molecule has 0 saturated carbocycles. The van der Waals surface area contributed by atoms with E-state index in [2.05, 4.69) is 11.8 Å². The maximum atomic E-state index is 11.4. The number of ether oxygens (including phenoxy) is 1. The average Bonchev–Trinajstić information content (AvgIpc) is 2.35. The van der Waals surface area contributed by atoms with Crippen molar-refractivity contribution in [2.24, 2.45) is 5.41 Å². The van der Waals surface area contributed by atoms with Gasteiger partial charge in [-0.1, -0.05) is 6.92 Å². The Hall–Kier alpha value is -0.610. The third-order valence-corrected chi connectivity index (χ3v) is 4.10. The molecule has 1 saturated heterocycles. The monoisotopic (exact) mass is 243 g/mol. The first-order chi connectivity index (χ1) is 8.05. The third-order valence-electron chi connectivity index (χ3n) is 4.10. The lowest BCUT2D eigenvalue weighted by Crippen LogP contribution is -2.50. The highest BCUT2D eigenvalue weighted by Crippen LogP contribution is 2.34. The molecule has 100 valence electrons. The molecule has 2 unspecified atom stereocenters. The average molecular weight is 243 g/mol. The van der Waals surface area contributed by atoms with Crippen molar-refractivity contribution >= 4 is 5.97 Å². The summed E-state index contributed by atoms with van der Waals surface area (Å²) in [6.07, 6.45) is 3.48. The van der Waals surface area contributed by atoms with Crippen molar-refractivity contribution in [1.29, 1.82) is 0 Å². The summed E-state index contributed by atoms with van der Waals surface area (Å²) in [7, 11) is 1.70. The van der Waals surface area contributed by atoms with Crippen molar-refractivity contribution in [2.75, 3.05) is 26.8 Å². The number of aliphatic carboxylic acids is 1. The van der Waals surface area contributed by atoms with E-state index < -0.39 is 11.4 Å². The van der Waals surface area contributed by atoms with E-state index >= 15 is 0 Å². The minimum atomic E-state index is -0.636. The number of carboxylic acid groups (broad SMARTS) is 1. The number of carboxylic acids is 1. The second-order valence-electron chi connectivity index (χ2n) is 5.14. The van der Waals surface area contributed by atoms with E-state index in [1.54, 1.807) is 7.11 Å². The molecular formula is C13H25NO3. The third kappa shape index (κ3) is 3.42. The smallest absolute Gasteiger partial charge is 0.310 e. The summed E-state index contributed by atoms with van der Waals surface area (Å²) in [5.41, 5.74) is -0.528. The molecule has 1 heterocycles. The maximum absolute atomic E-state index is 11.4. The molecule has 0 aromatic heterocycles. The van der Waals surface area contributed by atoms with Crippen molar-refractivity contribution in [3.63, 3.8) is 0 Å². The minimum absolute atomic E-state index is 0.403. The van der Waals surface area contributed by atoms with E-state index in [1.807, 2.05) is 6.92 Å². The maximum Gasteiger partial charge on any atom is 0.310 e. The Labute approximate surface area is 104 Å². The Morgan fingerprint density at radius 1 is 1.59 bits per heavy atom. The second-order valence-corrected chi connectivity index (χ2v) is 5.14. The molecule has 1 N–H and O–H groups in total. The van der Waals surface area contributed by atoms with Gasteiger partial charge in [-0.2, -0.15) is 0 Å². The van der Waals surface area contributed by atoms with Gasteiger partial charge in [0.15, 0.2) is 0 Å². The highest BCUT2D eigenvalue weighted by Gasteiger charge is 2.41. The van der Waals surface area contributed by atoms with E-state index in [-0.39, 0.29) is 0 Å². The lowest BCUT2D eigenvalue weighted by Gasteiger charge is -2.42. The normalized spacial score (nSPS) is 27.9.